The van der Waals surface area contributed by atoms with Crippen molar-refractivity contribution in [3.05, 3.63) is 42.0 Å². The third-order valence-corrected chi connectivity index (χ3v) is 3.78. The van der Waals surface area contributed by atoms with Crippen LogP contribution in [0.2, 0.25) is 0 Å². The molecule has 2 aliphatic rings. The maximum absolute atomic E-state index is 12.3. The molecular weight excluding hydrogens is 284 g/mol. The van der Waals surface area contributed by atoms with Crippen LogP contribution in [0.5, 0.6) is 0 Å². The van der Waals surface area contributed by atoms with Crippen molar-refractivity contribution in [2.45, 2.75) is 25.0 Å². The van der Waals surface area contributed by atoms with Crippen LogP contribution < -0.4 is 0 Å². The van der Waals surface area contributed by atoms with Gasteiger partial charge in [0.05, 0.1) is 18.8 Å². The van der Waals surface area contributed by atoms with E-state index in [-0.39, 0.29) is 17.8 Å². The van der Waals surface area contributed by atoms with Gasteiger partial charge in [-0.1, -0.05) is 24.8 Å². The van der Waals surface area contributed by atoms with E-state index < -0.39 is 5.97 Å². The third-order valence-electron chi connectivity index (χ3n) is 3.78. The minimum Gasteiger partial charge on any atom is -0.490 e. The largest absolute Gasteiger partial charge is 0.490 e. The smallest absolute Gasteiger partial charge is 0.338 e. The maximum Gasteiger partial charge on any atom is 0.338 e. The molecule has 118 valence electrons. The number of carbonyl (C=O) groups excluding carboxylic acids is 1. The summed E-state index contributed by atoms with van der Waals surface area (Å²) in [6.45, 7) is 9.76. The number of esters is 1. The van der Waals surface area contributed by atoms with Crippen LogP contribution in [0.15, 0.2) is 30.8 Å². The van der Waals surface area contributed by atoms with Crippen LogP contribution >= 0.6 is 0 Å². The number of hydrogen-bond donors (Lipinski definition) is 0. The number of benzene rings is 1. The van der Waals surface area contributed by atoms with Gasteiger partial charge < -0.3 is 18.9 Å². The summed E-state index contributed by atoms with van der Waals surface area (Å²) < 4.78 is 21.5. The van der Waals surface area contributed by atoms with Crippen LogP contribution in [-0.2, 0) is 18.9 Å². The molecule has 2 heterocycles. The van der Waals surface area contributed by atoms with Gasteiger partial charge in [-0.25, -0.2) is 4.79 Å². The third kappa shape index (κ3) is 3.48. The highest BCUT2D eigenvalue weighted by Crippen LogP contribution is 2.30. The van der Waals surface area contributed by atoms with Crippen LogP contribution in [-0.4, -0.2) is 43.6 Å². The molecule has 2 aliphatic heterocycles. The molecule has 0 saturated carbocycles. The van der Waals surface area contributed by atoms with Crippen LogP contribution in [0.4, 0.5) is 0 Å². The van der Waals surface area contributed by atoms with E-state index in [9.17, 15) is 4.79 Å². The topological polar surface area (TPSA) is 60.6 Å². The SMILES string of the molecule is C=C(OCC1(C)CO1)c1ccccc1C(=O)OCC1(C)CO1. The van der Waals surface area contributed by atoms with E-state index in [4.69, 9.17) is 18.9 Å². The Morgan fingerprint density at radius 1 is 1.09 bits per heavy atom. The van der Waals surface area contributed by atoms with Gasteiger partial charge >= 0.3 is 5.97 Å². The Kier molecular flexibility index (Phi) is 3.70. The zero-order valence-electron chi connectivity index (χ0n) is 12.9. The number of epoxide rings is 2. The lowest BCUT2D eigenvalue weighted by Gasteiger charge is -2.15. The van der Waals surface area contributed by atoms with E-state index in [2.05, 4.69) is 6.58 Å². The molecule has 2 fully saturated rings. The summed E-state index contributed by atoms with van der Waals surface area (Å²) in [4.78, 5) is 12.3. The van der Waals surface area contributed by atoms with E-state index in [1.807, 2.05) is 19.9 Å². The van der Waals surface area contributed by atoms with Gasteiger partial charge in [0.25, 0.3) is 0 Å². The first-order valence-electron chi connectivity index (χ1n) is 7.27. The zero-order chi connectivity index (χ0) is 15.8. The lowest BCUT2D eigenvalue weighted by molar-refractivity contribution is 0.0410. The molecule has 0 amide bonds. The van der Waals surface area contributed by atoms with Gasteiger partial charge in [-0.2, -0.15) is 0 Å². The molecule has 2 atom stereocenters. The van der Waals surface area contributed by atoms with E-state index >= 15 is 0 Å². The summed E-state index contributed by atoms with van der Waals surface area (Å²) in [6.07, 6.45) is 0. The van der Waals surface area contributed by atoms with Crippen molar-refractivity contribution in [3.8, 4) is 0 Å². The Labute approximate surface area is 129 Å². The van der Waals surface area contributed by atoms with Crippen LogP contribution in [0.25, 0.3) is 5.76 Å². The average molecular weight is 304 g/mol. The summed E-state index contributed by atoms with van der Waals surface area (Å²) in [5.74, 6) is 0.0455. The molecule has 1 aromatic carbocycles. The number of ether oxygens (including phenoxy) is 4. The number of hydrogen-bond acceptors (Lipinski definition) is 5. The van der Waals surface area contributed by atoms with E-state index in [1.165, 1.54) is 0 Å². The van der Waals surface area contributed by atoms with Crippen molar-refractivity contribution in [2.75, 3.05) is 26.4 Å². The lowest BCUT2D eigenvalue weighted by atomic mass is 10.1. The molecule has 0 aliphatic carbocycles. The molecule has 1 aromatic rings. The fraction of sp³-hybridized carbons (Fsp3) is 0.471. The molecule has 5 heteroatoms. The number of rotatable bonds is 7. The molecule has 0 radical (unpaired) electrons. The Hall–Kier alpha value is -1.85. The van der Waals surface area contributed by atoms with E-state index in [0.29, 0.717) is 36.7 Å². The normalized spacial score (nSPS) is 28.8. The molecule has 0 aromatic heterocycles. The van der Waals surface area contributed by atoms with Crippen molar-refractivity contribution < 1.29 is 23.7 Å². The zero-order valence-corrected chi connectivity index (χ0v) is 12.9. The van der Waals surface area contributed by atoms with E-state index in [0.717, 1.165) is 0 Å². The second kappa shape index (κ2) is 5.41. The maximum atomic E-state index is 12.3. The summed E-state index contributed by atoms with van der Waals surface area (Å²) in [5.41, 5.74) is 0.531. The predicted molar refractivity (Wildman–Crippen MR) is 80.4 cm³/mol. The van der Waals surface area contributed by atoms with E-state index in [1.54, 1.807) is 18.2 Å². The van der Waals surface area contributed by atoms with Crippen molar-refractivity contribution in [1.82, 2.24) is 0 Å². The molecule has 0 N–H and O–H groups in total. The van der Waals surface area contributed by atoms with Gasteiger partial charge in [-0.3, -0.25) is 0 Å². The highest BCUT2D eigenvalue weighted by atomic mass is 16.6. The van der Waals surface area contributed by atoms with Crippen LogP contribution in [0.1, 0.15) is 29.8 Å². The van der Waals surface area contributed by atoms with Crippen molar-refractivity contribution in [2.24, 2.45) is 0 Å². The average Bonchev–Trinajstić information content (AvgIpc) is 3.43. The Balaban J connectivity index is 1.65. The van der Waals surface area contributed by atoms with Gasteiger partial charge in [-0.15, -0.1) is 0 Å². The number of carbonyl (C=O) groups is 1. The summed E-state index contributed by atoms with van der Waals surface area (Å²) >= 11 is 0. The van der Waals surface area contributed by atoms with Crippen LogP contribution in [0.3, 0.4) is 0 Å². The minimum atomic E-state index is -0.397. The highest BCUT2D eigenvalue weighted by molar-refractivity contribution is 5.94. The lowest BCUT2D eigenvalue weighted by Crippen LogP contribution is -2.19. The summed E-state index contributed by atoms with van der Waals surface area (Å²) in [7, 11) is 0. The molecule has 3 rings (SSSR count). The van der Waals surface area contributed by atoms with Crippen LogP contribution in [0, 0.1) is 0 Å². The second-order valence-corrected chi connectivity index (χ2v) is 6.31. The van der Waals surface area contributed by atoms with Crippen molar-refractivity contribution >= 4 is 11.7 Å². The monoisotopic (exact) mass is 304 g/mol. The molecule has 0 spiro atoms. The van der Waals surface area contributed by atoms with Gasteiger partial charge in [0.2, 0.25) is 0 Å². The first-order chi connectivity index (χ1) is 10.4. The molecule has 5 nitrogen and oxygen atoms in total. The predicted octanol–water partition coefficient (Wildman–Crippen LogP) is 2.41. The molecule has 2 unspecified atom stereocenters. The summed E-state index contributed by atoms with van der Waals surface area (Å²) in [6, 6.07) is 7.12. The van der Waals surface area contributed by atoms with Crippen molar-refractivity contribution in [3.63, 3.8) is 0 Å². The molecule has 2 saturated heterocycles. The Morgan fingerprint density at radius 3 is 2.14 bits per heavy atom. The first-order valence-corrected chi connectivity index (χ1v) is 7.27. The van der Waals surface area contributed by atoms with Gasteiger partial charge in [0.1, 0.15) is 30.2 Å². The molecule has 22 heavy (non-hydrogen) atoms. The van der Waals surface area contributed by atoms with Gasteiger partial charge in [0.15, 0.2) is 0 Å². The summed E-state index contributed by atoms with van der Waals surface area (Å²) in [5, 5.41) is 0. The Bertz CT molecular complexity index is 546. The van der Waals surface area contributed by atoms with Crippen molar-refractivity contribution in [1.29, 1.82) is 0 Å². The van der Waals surface area contributed by atoms with Gasteiger partial charge in [0, 0.05) is 5.56 Å². The standard InChI is InChI=1S/C17H20O5/c1-12(19-8-16(2)10-21-16)13-6-4-5-7-14(13)15(18)20-9-17(3)11-22-17/h4-7H,1,8-11H2,2-3H3. The minimum absolute atomic E-state index is 0.226. The highest BCUT2D eigenvalue weighted by Gasteiger charge is 2.41. The molecule has 0 bridgehead atoms. The van der Waals surface area contributed by atoms with Gasteiger partial charge in [-0.05, 0) is 19.9 Å². The first kappa shape index (κ1) is 15.1. The molecular formula is C17H20O5. The second-order valence-electron chi connectivity index (χ2n) is 6.31. The fourth-order valence-electron chi connectivity index (χ4n) is 1.93. The fourth-order valence-corrected chi connectivity index (χ4v) is 1.93. The Morgan fingerprint density at radius 2 is 1.59 bits per heavy atom. The quantitative estimate of drug-likeness (QED) is 0.440.